The number of anilines is 1. The molecule has 0 aliphatic rings. The quantitative estimate of drug-likeness (QED) is 0.653. The van der Waals surface area contributed by atoms with Crippen molar-refractivity contribution < 1.29 is 17.9 Å². The van der Waals surface area contributed by atoms with E-state index in [4.69, 9.17) is 9.47 Å². The zero-order chi connectivity index (χ0) is 14.1. The summed E-state index contributed by atoms with van der Waals surface area (Å²) < 4.78 is 36.6. The second-order valence-electron chi connectivity index (χ2n) is 3.75. The van der Waals surface area contributed by atoms with E-state index in [0.717, 1.165) is 0 Å². The first-order chi connectivity index (χ1) is 9.11. The molecule has 7 heteroatoms. The fourth-order valence-electron chi connectivity index (χ4n) is 1.48. The van der Waals surface area contributed by atoms with Gasteiger partial charge in [-0.05, 0) is 12.1 Å². The van der Waals surface area contributed by atoms with Crippen LogP contribution in [0.3, 0.4) is 0 Å². The molecule has 0 aliphatic carbocycles. The van der Waals surface area contributed by atoms with Crippen molar-refractivity contribution in [3.05, 3.63) is 24.3 Å². The van der Waals surface area contributed by atoms with Gasteiger partial charge in [-0.3, -0.25) is 0 Å². The normalized spacial score (nSPS) is 11.5. The fourth-order valence-corrected chi connectivity index (χ4v) is 2.70. The number of benzene rings is 1. The summed E-state index contributed by atoms with van der Waals surface area (Å²) in [5.41, 5.74) is 0.565. The van der Waals surface area contributed by atoms with Crippen LogP contribution in [0.2, 0.25) is 0 Å². The summed E-state index contributed by atoms with van der Waals surface area (Å²) in [7, 11) is -0.253. The Labute approximate surface area is 114 Å². The standard InChI is InChI=1S/C12H20N2O4S/c1-13-11-5-3-4-6-12(11)19(15,16)14-7-8-18-10-9-17-2/h3-6,13-14H,7-10H2,1-2H3. The summed E-state index contributed by atoms with van der Waals surface area (Å²) >= 11 is 0. The zero-order valence-corrected chi connectivity index (χ0v) is 12.0. The van der Waals surface area contributed by atoms with Crippen LogP contribution >= 0.6 is 0 Å². The second-order valence-corrected chi connectivity index (χ2v) is 5.48. The highest BCUT2D eigenvalue weighted by atomic mass is 32.2. The SMILES string of the molecule is CNc1ccccc1S(=O)(=O)NCCOCCOC. The van der Waals surface area contributed by atoms with Crippen molar-refractivity contribution in [1.29, 1.82) is 0 Å². The first-order valence-electron chi connectivity index (χ1n) is 5.95. The molecular formula is C12H20N2O4S. The van der Waals surface area contributed by atoms with E-state index in [1.807, 2.05) is 0 Å². The first kappa shape index (κ1) is 15.9. The molecule has 0 aromatic heterocycles. The van der Waals surface area contributed by atoms with E-state index in [9.17, 15) is 8.42 Å². The lowest BCUT2D eigenvalue weighted by Gasteiger charge is -2.11. The van der Waals surface area contributed by atoms with Crippen LogP contribution in [-0.2, 0) is 19.5 Å². The topological polar surface area (TPSA) is 76.7 Å². The van der Waals surface area contributed by atoms with E-state index in [0.29, 0.717) is 25.5 Å². The average molecular weight is 288 g/mol. The number of para-hydroxylation sites is 1. The predicted molar refractivity (Wildman–Crippen MR) is 73.9 cm³/mol. The molecule has 1 aromatic rings. The third kappa shape index (κ3) is 5.15. The van der Waals surface area contributed by atoms with Gasteiger partial charge in [-0.2, -0.15) is 0 Å². The molecule has 0 saturated heterocycles. The van der Waals surface area contributed by atoms with Gasteiger partial charge in [-0.1, -0.05) is 12.1 Å². The minimum atomic E-state index is -3.52. The maximum atomic E-state index is 12.1. The summed E-state index contributed by atoms with van der Waals surface area (Å²) in [5.74, 6) is 0. The number of rotatable bonds is 9. The van der Waals surface area contributed by atoms with Crippen LogP contribution in [0.25, 0.3) is 0 Å². The molecule has 0 spiro atoms. The highest BCUT2D eigenvalue weighted by Crippen LogP contribution is 2.19. The lowest BCUT2D eigenvalue weighted by Crippen LogP contribution is -2.28. The molecule has 0 bridgehead atoms. The molecular weight excluding hydrogens is 268 g/mol. The summed E-state index contributed by atoms with van der Waals surface area (Å²) in [6.45, 7) is 1.48. The number of sulfonamides is 1. The Bertz CT molecular complexity index is 476. The molecule has 0 heterocycles. The number of ether oxygens (including phenoxy) is 2. The molecule has 0 radical (unpaired) electrons. The number of nitrogens with one attached hydrogen (secondary N) is 2. The predicted octanol–water partition coefficient (Wildman–Crippen LogP) is 0.670. The molecule has 108 valence electrons. The largest absolute Gasteiger partial charge is 0.387 e. The Hall–Kier alpha value is -1.15. The Morgan fingerprint density at radius 2 is 1.89 bits per heavy atom. The molecule has 2 N–H and O–H groups in total. The summed E-state index contributed by atoms with van der Waals surface area (Å²) in [5, 5.41) is 2.85. The van der Waals surface area contributed by atoms with Crippen LogP contribution in [0.1, 0.15) is 0 Å². The maximum Gasteiger partial charge on any atom is 0.242 e. The molecule has 0 atom stereocenters. The van der Waals surface area contributed by atoms with Gasteiger partial charge in [0.1, 0.15) is 4.90 Å². The van der Waals surface area contributed by atoms with E-state index >= 15 is 0 Å². The molecule has 0 aliphatic heterocycles. The monoisotopic (exact) mass is 288 g/mol. The van der Waals surface area contributed by atoms with Gasteiger partial charge in [0, 0.05) is 20.7 Å². The highest BCUT2D eigenvalue weighted by molar-refractivity contribution is 7.89. The molecule has 1 aromatic carbocycles. The Morgan fingerprint density at radius 3 is 2.58 bits per heavy atom. The molecule has 0 saturated carbocycles. The highest BCUT2D eigenvalue weighted by Gasteiger charge is 2.16. The third-order valence-electron chi connectivity index (χ3n) is 2.42. The smallest absolute Gasteiger partial charge is 0.242 e. The van der Waals surface area contributed by atoms with Crippen LogP contribution in [0.5, 0.6) is 0 Å². The van der Waals surface area contributed by atoms with E-state index in [2.05, 4.69) is 10.0 Å². The van der Waals surface area contributed by atoms with Gasteiger partial charge >= 0.3 is 0 Å². The number of hydrogen-bond donors (Lipinski definition) is 2. The summed E-state index contributed by atoms with van der Waals surface area (Å²) in [4.78, 5) is 0.231. The lowest BCUT2D eigenvalue weighted by molar-refractivity contribution is 0.0736. The Kier molecular flexibility index (Phi) is 6.79. The second kappa shape index (κ2) is 8.11. The van der Waals surface area contributed by atoms with Crippen molar-refractivity contribution in [2.24, 2.45) is 0 Å². The van der Waals surface area contributed by atoms with E-state index < -0.39 is 10.0 Å². The van der Waals surface area contributed by atoms with Gasteiger partial charge in [0.25, 0.3) is 0 Å². The van der Waals surface area contributed by atoms with Crippen molar-refractivity contribution in [2.45, 2.75) is 4.90 Å². The first-order valence-corrected chi connectivity index (χ1v) is 7.43. The third-order valence-corrected chi connectivity index (χ3v) is 3.94. The van der Waals surface area contributed by atoms with Crippen molar-refractivity contribution in [1.82, 2.24) is 4.72 Å². The van der Waals surface area contributed by atoms with E-state index in [-0.39, 0.29) is 11.4 Å². The Morgan fingerprint density at radius 1 is 1.16 bits per heavy atom. The van der Waals surface area contributed by atoms with Gasteiger partial charge in [0.2, 0.25) is 10.0 Å². The summed E-state index contributed by atoms with van der Waals surface area (Å²) in [6, 6.07) is 6.73. The molecule has 19 heavy (non-hydrogen) atoms. The van der Waals surface area contributed by atoms with Crippen LogP contribution < -0.4 is 10.0 Å². The zero-order valence-electron chi connectivity index (χ0n) is 11.2. The molecule has 0 unspecified atom stereocenters. The van der Waals surface area contributed by atoms with Crippen molar-refractivity contribution in [3.8, 4) is 0 Å². The minimum absolute atomic E-state index is 0.226. The lowest BCUT2D eigenvalue weighted by atomic mass is 10.3. The van der Waals surface area contributed by atoms with Crippen molar-refractivity contribution in [3.63, 3.8) is 0 Å². The van der Waals surface area contributed by atoms with Crippen molar-refractivity contribution in [2.75, 3.05) is 45.8 Å². The maximum absolute atomic E-state index is 12.1. The minimum Gasteiger partial charge on any atom is -0.387 e. The Balaban J connectivity index is 2.52. The molecule has 0 amide bonds. The van der Waals surface area contributed by atoms with Gasteiger partial charge in [0.15, 0.2) is 0 Å². The number of methoxy groups -OCH3 is 1. The van der Waals surface area contributed by atoms with Crippen LogP contribution in [-0.4, -0.2) is 48.9 Å². The van der Waals surface area contributed by atoms with Gasteiger partial charge in [0.05, 0.1) is 25.5 Å². The van der Waals surface area contributed by atoms with Crippen LogP contribution in [0.4, 0.5) is 5.69 Å². The molecule has 1 rings (SSSR count). The average Bonchev–Trinajstić information content (AvgIpc) is 2.42. The molecule has 6 nitrogen and oxygen atoms in total. The van der Waals surface area contributed by atoms with Crippen LogP contribution in [0.15, 0.2) is 29.2 Å². The van der Waals surface area contributed by atoms with Gasteiger partial charge in [-0.15, -0.1) is 0 Å². The number of hydrogen-bond acceptors (Lipinski definition) is 5. The van der Waals surface area contributed by atoms with Gasteiger partial charge < -0.3 is 14.8 Å². The van der Waals surface area contributed by atoms with E-state index in [1.54, 1.807) is 38.4 Å². The van der Waals surface area contributed by atoms with Crippen molar-refractivity contribution >= 4 is 15.7 Å². The van der Waals surface area contributed by atoms with Gasteiger partial charge in [-0.25, -0.2) is 13.1 Å². The van der Waals surface area contributed by atoms with Crippen LogP contribution in [0, 0.1) is 0 Å². The molecule has 0 fully saturated rings. The van der Waals surface area contributed by atoms with E-state index in [1.165, 1.54) is 0 Å². The fraction of sp³-hybridized carbons (Fsp3) is 0.500. The summed E-state index contributed by atoms with van der Waals surface area (Å²) in [6.07, 6.45) is 0.